The predicted octanol–water partition coefficient (Wildman–Crippen LogP) is 4.62. The number of ether oxygens (including phenoxy) is 2. The van der Waals surface area contributed by atoms with E-state index >= 15 is 0 Å². The van der Waals surface area contributed by atoms with Crippen molar-refractivity contribution in [2.75, 3.05) is 26.3 Å². The van der Waals surface area contributed by atoms with Crippen LogP contribution in [0.2, 0.25) is 10.0 Å². The molecule has 1 unspecified atom stereocenters. The molecule has 0 N–H and O–H groups in total. The summed E-state index contributed by atoms with van der Waals surface area (Å²) in [4.78, 5) is 29.6. The summed E-state index contributed by atoms with van der Waals surface area (Å²) in [5.41, 5.74) is -0.166. The highest BCUT2D eigenvalue weighted by atomic mass is 35.5. The van der Waals surface area contributed by atoms with Gasteiger partial charge < -0.3 is 19.3 Å². The Kier molecular flexibility index (Phi) is 6.97. The van der Waals surface area contributed by atoms with Crippen LogP contribution in [-0.2, 0) is 9.47 Å². The minimum atomic E-state index is -0.556. The van der Waals surface area contributed by atoms with Gasteiger partial charge in [0.05, 0.1) is 21.7 Å². The molecule has 1 aromatic rings. The number of hydrogen-bond donors (Lipinski definition) is 0. The first kappa shape index (κ1) is 22.2. The van der Waals surface area contributed by atoms with Crippen LogP contribution >= 0.6 is 23.2 Å². The number of carbonyl (C=O) groups excluding carboxylic acids is 2. The van der Waals surface area contributed by atoms with E-state index < -0.39 is 5.60 Å². The Morgan fingerprint density at radius 1 is 1.14 bits per heavy atom. The van der Waals surface area contributed by atoms with Crippen molar-refractivity contribution in [3.8, 4) is 0 Å². The van der Waals surface area contributed by atoms with Gasteiger partial charge in [0, 0.05) is 32.3 Å². The minimum absolute atomic E-state index is 0.0369. The zero-order chi connectivity index (χ0) is 21.2. The second kappa shape index (κ2) is 9.11. The standard InChI is InChI=1S/C21H28Cl2N2O4/c1-21(2,3)29-20(27)24-10-7-15(13-24)25(14-8-11-28-12-9-14)19(26)16-5-4-6-17(22)18(16)23/h4-6,14-15H,7-13H2,1-3H3. The van der Waals surface area contributed by atoms with Crippen LogP contribution in [0.25, 0.3) is 0 Å². The first-order valence-electron chi connectivity index (χ1n) is 9.99. The third kappa shape index (κ3) is 5.36. The number of likely N-dealkylation sites (tertiary alicyclic amines) is 1. The molecule has 0 spiro atoms. The SMILES string of the molecule is CC(C)(C)OC(=O)N1CCC(N(C(=O)c2cccc(Cl)c2Cl)C2CCOCC2)C1. The Morgan fingerprint density at radius 2 is 1.83 bits per heavy atom. The molecule has 2 aliphatic heterocycles. The Labute approximate surface area is 182 Å². The van der Waals surface area contributed by atoms with Crippen molar-refractivity contribution in [2.24, 2.45) is 0 Å². The maximum Gasteiger partial charge on any atom is 0.410 e. The number of nitrogens with zero attached hydrogens (tertiary/aromatic N) is 2. The second-order valence-corrected chi connectivity index (χ2v) is 9.31. The topological polar surface area (TPSA) is 59.1 Å². The summed E-state index contributed by atoms with van der Waals surface area (Å²) in [6.45, 7) is 7.75. The number of hydrogen-bond acceptors (Lipinski definition) is 4. The largest absolute Gasteiger partial charge is 0.444 e. The summed E-state index contributed by atoms with van der Waals surface area (Å²) < 4.78 is 11.0. The van der Waals surface area contributed by atoms with Gasteiger partial charge in [-0.15, -0.1) is 0 Å². The summed E-state index contributed by atoms with van der Waals surface area (Å²) >= 11 is 12.5. The molecule has 2 amide bonds. The molecule has 1 atom stereocenters. The molecule has 1 aromatic carbocycles. The molecule has 2 saturated heterocycles. The molecule has 0 aromatic heterocycles. The molecule has 2 aliphatic rings. The third-order valence-electron chi connectivity index (χ3n) is 5.21. The number of carbonyl (C=O) groups is 2. The lowest BCUT2D eigenvalue weighted by Gasteiger charge is -2.38. The van der Waals surface area contributed by atoms with Crippen LogP contribution in [0.1, 0.15) is 50.4 Å². The van der Waals surface area contributed by atoms with Crippen LogP contribution < -0.4 is 0 Å². The Morgan fingerprint density at radius 3 is 2.48 bits per heavy atom. The lowest BCUT2D eigenvalue weighted by molar-refractivity contribution is 0.0128. The zero-order valence-corrected chi connectivity index (χ0v) is 18.6. The van der Waals surface area contributed by atoms with Gasteiger partial charge >= 0.3 is 6.09 Å². The normalized spacial score (nSPS) is 20.6. The van der Waals surface area contributed by atoms with E-state index in [1.54, 1.807) is 23.1 Å². The van der Waals surface area contributed by atoms with Crippen molar-refractivity contribution in [1.82, 2.24) is 9.80 Å². The van der Waals surface area contributed by atoms with Crippen molar-refractivity contribution in [1.29, 1.82) is 0 Å². The van der Waals surface area contributed by atoms with Crippen LogP contribution in [0.15, 0.2) is 18.2 Å². The lowest BCUT2D eigenvalue weighted by atomic mass is 10.0. The van der Waals surface area contributed by atoms with Gasteiger partial charge in [-0.25, -0.2) is 4.79 Å². The molecule has 2 heterocycles. The fourth-order valence-corrected chi connectivity index (χ4v) is 4.24. The molecule has 3 rings (SSSR count). The van der Waals surface area contributed by atoms with Crippen molar-refractivity contribution in [3.05, 3.63) is 33.8 Å². The van der Waals surface area contributed by atoms with Crippen molar-refractivity contribution in [3.63, 3.8) is 0 Å². The van der Waals surface area contributed by atoms with Gasteiger partial charge in [-0.1, -0.05) is 29.3 Å². The first-order valence-corrected chi connectivity index (χ1v) is 10.8. The van der Waals surface area contributed by atoms with Crippen LogP contribution in [0.4, 0.5) is 4.79 Å². The van der Waals surface area contributed by atoms with E-state index in [2.05, 4.69) is 0 Å². The monoisotopic (exact) mass is 442 g/mol. The lowest BCUT2D eigenvalue weighted by Crippen LogP contribution is -2.50. The average Bonchev–Trinajstić information content (AvgIpc) is 3.13. The van der Waals surface area contributed by atoms with Gasteiger partial charge in [-0.2, -0.15) is 0 Å². The second-order valence-electron chi connectivity index (χ2n) is 8.53. The van der Waals surface area contributed by atoms with E-state index in [0.29, 0.717) is 43.3 Å². The molecule has 8 heteroatoms. The number of benzene rings is 1. The van der Waals surface area contributed by atoms with E-state index in [9.17, 15) is 9.59 Å². The Hall–Kier alpha value is -1.50. The highest BCUT2D eigenvalue weighted by Crippen LogP contribution is 2.31. The maximum absolute atomic E-state index is 13.5. The van der Waals surface area contributed by atoms with Gasteiger partial charge in [0.25, 0.3) is 5.91 Å². The number of rotatable bonds is 3. The molecule has 6 nitrogen and oxygen atoms in total. The van der Waals surface area contributed by atoms with E-state index in [1.807, 2.05) is 25.7 Å². The minimum Gasteiger partial charge on any atom is -0.444 e. The molecule has 29 heavy (non-hydrogen) atoms. The Balaban J connectivity index is 1.82. The fraction of sp³-hybridized carbons (Fsp3) is 0.619. The quantitative estimate of drug-likeness (QED) is 0.684. The average molecular weight is 443 g/mol. The molecule has 0 aliphatic carbocycles. The molecule has 0 radical (unpaired) electrons. The van der Waals surface area contributed by atoms with Crippen molar-refractivity contribution >= 4 is 35.2 Å². The first-order chi connectivity index (χ1) is 13.7. The maximum atomic E-state index is 13.5. The summed E-state index contributed by atoms with van der Waals surface area (Å²) in [6, 6.07) is 5.02. The smallest absolute Gasteiger partial charge is 0.410 e. The van der Waals surface area contributed by atoms with Gasteiger partial charge in [0.2, 0.25) is 0 Å². The molecular weight excluding hydrogens is 415 g/mol. The summed E-state index contributed by atoms with van der Waals surface area (Å²) in [5.74, 6) is -0.152. The van der Waals surface area contributed by atoms with E-state index in [4.69, 9.17) is 32.7 Å². The summed E-state index contributed by atoms with van der Waals surface area (Å²) in [6.07, 6.45) is 1.86. The van der Waals surface area contributed by atoms with E-state index in [0.717, 1.165) is 12.8 Å². The van der Waals surface area contributed by atoms with Gasteiger partial charge in [0.15, 0.2) is 0 Å². The van der Waals surface area contributed by atoms with Gasteiger partial charge in [-0.3, -0.25) is 4.79 Å². The third-order valence-corrected chi connectivity index (χ3v) is 6.03. The molecule has 2 fully saturated rings. The van der Waals surface area contributed by atoms with Crippen LogP contribution in [0, 0.1) is 0 Å². The van der Waals surface area contributed by atoms with Crippen molar-refractivity contribution in [2.45, 2.75) is 57.7 Å². The molecule has 160 valence electrons. The van der Waals surface area contributed by atoms with Gasteiger partial charge in [-0.05, 0) is 52.2 Å². The van der Waals surface area contributed by atoms with E-state index in [1.165, 1.54) is 0 Å². The van der Waals surface area contributed by atoms with Gasteiger partial charge in [0.1, 0.15) is 5.60 Å². The highest BCUT2D eigenvalue weighted by molar-refractivity contribution is 6.43. The molecular formula is C21H28Cl2N2O4. The fourth-order valence-electron chi connectivity index (χ4n) is 3.86. The zero-order valence-electron chi connectivity index (χ0n) is 17.1. The Bertz CT molecular complexity index is 760. The molecule has 0 bridgehead atoms. The molecule has 0 saturated carbocycles. The highest BCUT2D eigenvalue weighted by Gasteiger charge is 2.39. The predicted molar refractivity (Wildman–Crippen MR) is 113 cm³/mol. The van der Waals surface area contributed by atoms with Crippen molar-refractivity contribution < 1.29 is 19.1 Å². The van der Waals surface area contributed by atoms with Crippen LogP contribution in [0.5, 0.6) is 0 Å². The van der Waals surface area contributed by atoms with E-state index in [-0.39, 0.29) is 29.1 Å². The number of amides is 2. The van der Waals surface area contributed by atoms with Crippen LogP contribution in [-0.4, -0.2) is 65.8 Å². The summed E-state index contributed by atoms with van der Waals surface area (Å²) in [7, 11) is 0. The van der Waals surface area contributed by atoms with Crippen LogP contribution in [0.3, 0.4) is 0 Å². The summed E-state index contributed by atoms with van der Waals surface area (Å²) in [5, 5.41) is 0.615. The number of halogens is 2.